The molecule has 6 heteroatoms. The fourth-order valence-electron chi connectivity index (χ4n) is 1.14. The Balaban J connectivity index is 2.68. The second kappa shape index (κ2) is 7.85. The Morgan fingerprint density at radius 1 is 1.00 bits per heavy atom. The van der Waals surface area contributed by atoms with Crippen LogP contribution in [0, 0.1) is 11.8 Å². The molecule has 0 aromatic heterocycles. The maximum atomic E-state index is 12.0. The summed E-state index contributed by atoms with van der Waals surface area (Å²) in [5.41, 5.74) is 0.0579. The highest BCUT2D eigenvalue weighted by Crippen LogP contribution is 2.45. The van der Waals surface area contributed by atoms with Gasteiger partial charge in [0.2, 0.25) is 0 Å². The molecule has 108 valence electrons. The third kappa shape index (κ3) is 5.48. The van der Waals surface area contributed by atoms with Crippen LogP contribution in [0.25, 0.3) is 0 Å². The van der Waals surface area contributed by atoms with Crippen molar-refractivity contribution < 1.29 is 19.1 Å². The topological polar surface area (TPSA) is 52.6 Å². The van der Waals surface area contributed by atoms with Gasteiger partial charge in [-0.05, 0) is 11.8 Å². The fraction of sp³-hybridized carbons (Fsp3) is 0.692. The Morgan fingerprint density at radius 3 is 1.68 bits per heavy atom. The van der Waals surface area contributed by atoms with Crippen LogP contribution in [0.2, 0.25) is 0 Å². The highest BCUT2D eigenvalue weighted by atomic mass is 32.3. The summed E-state index contributed by atoms with van der Waals surface area (Å²) in [6.45, 7) is 8.41. The predicted molar refractivity (Wildman–Crippen MR) is 78.7 cm³/mol. The molecule has 0 aromatic rings. The molecule has 1 fully saturated rings. The van der Waals surface area contributed by atoms with Crippen LogP contribution in [0.15, 0.2) is 9.81 Å². The molecular formula is C13H20O4S2. The van der Waals surface area contributed by atoms with Crippen LogP contribution in [0.3, 0.4) is 0 Å². The average molecular weight is 304 g/mol. The lowest BCUT2D eigenvalue weighted by Gasteiger charge is -2.19. The third-order valence-electron chi connectivity index (χ3n) is 2.09. The van der Waals surface area contributed by atoms with Gasteiger partial charge in [0, 0.05) is 5.08 Å². The first kappa shape index (κ1) is 16.4. The Kier molecular flexibility index (Phi) is 6.79. The van der Waals surface area contributed by atoms with Crippen molar-refractivity contribution in [2.75, 3.05) is 18.3 Å². The molecule has 0 N–H and O–H groups in total. The number of carbonyl (C=O) groups excluding carboxylic acids is 2. The molecule has 0 spiro atoms. The van der Waals surface area contributed by atoms with Gasteiger partial charge in [-0.15, -0.1) is 23.5 Å². The van der Waals surface area contributed by atoms with Crippen LogP contribution in [-0.4, -0.2) is 30.2 Å². The number of hydrogen-bond donors (Lipinski definition) is 0. The molecule has 0 amide bonds. The second-order valence-electron chi connectivity index (χ2n) is 5.05. The molecule has 0 unspecified atom stereocenters. The number of rotatable bonds is 6. The zero-order valence-electron chi connectivity index (χ0n) is 11.7. The third-order valence-corrected chi connectivity index (χ3v) is 4.67. The zero-order valence-corrected chi connectivity index (χ0v) is 13.4. The Labute approximate surface area is 122 Å². The molecule has 0 radical (unpaired) electrons. The first-order valence-corrected chi connectivity index (χ1v) is 8.23. The van der Waals surface area contributed by atoms with E-state index >= 15 is 0 Å². The van der Waals surface area contributed by atoms with E-state index in [1.54, 1.807) is 0 Å². The van der Waals surface area contributed by atoms with Crippen molar-refractivity contribution >= 4 is 35.5 Å². The summed E-state index contributed by atoms with van der Waals surface area (Å²) >= 11 is 2.96. The van der Waals surface area contributed by atoms with Crippen molar-refractivity contribution in [3.8, 4) is 0 Å². The zero-order chi connectivity index (χ0) is 14.4. The molecule has 1 rings (SSSR count). The van der Waals surface area contributed by atoms with Crippen LogP contribution in [-0.2, 0) is 19.1 Å². The van der Waals surface area contributed by atoms with E-state index in [-0.39, 0.29) is 17.4 Å². The Morgan fingerprint density at radius 2 is 1.42 bits per heavy atom. The number of ether oxygens (including phenoxy) is 2. The minimum atomic E-state index is -0.572. The van der Waals surface area contributed by atoms with E-state index in [9.17, 15) is 9.59 Å². The predicted octanol–water partition coefficient (Wildman–Crippen LogP) is 3.03. The molecule has 0 aromatic carbocycles. The van der Waals surface area contributed by atoms with Crippen LogP contribution in [0.4, 0.5) is 0 Å². The lowest BCUT2D eigenvalue weighted by molar-refractivity contribution is -0.148. The van der Waals surface area contributed by atoms with Crippen molar-refractivity contribution in [1.29, 1.82) is 0 Å². The van der Waals surface area contributed by atoms with Gasteiger partial charge in [-0.25, -0.2) is 9.59 Å². The molecule has 1 saturated heterocycles. The monoisotopic (exact) mass is 304 g/mol. The summed E-state index contributed by atoms with van der Waals surface area (Å²) in [5.74, 6) is -0.665. The fourth-order valence-corrected chi connectivity index (χ4v) is 2.71. The van der Waals surface area contributed by atoms with E-state index in [4.69, 9.17) is 9.47 Å². The molecule has 1 heterocycles. The van der Waals surface area contributed by atoms with Crippen LogP contribution in [0.1, 0.15) is 27.7 Å². The largest absolute Gasteiger partial charge is 0.462 e. The molecule has 0 bridgehead atoms. The first-order chi connectivity index (χ1) is 8.91. The van der Waals surface area contributed by atoms with E-state index < -0.39 is 11.9 Å². The molecule has 4 nitrogen and oxygen atoms in total. The molecule has 0 aliphatic carbocycles. The molecule has 0 atom stereocenters. The van der Waals surface area contributed by atoms with Crippen LogP contribution < -0.4 is 0 Å². The van der Waals surface area contributed by atoms with Gasteiger partial charge in [-0.3, -0.25) is 0 Å². The highest BCUT2D eigenvalue weighted by molar-refractivity contribution is 8.37. The van der Waals surface area contributed by atoms with Crippen molar-refractivity contribution in [3.63, 3.8) is 0 Å². The maximum absolute atomic E-state index is 12.0. The minimum absolute atomic E-state index is 0.0579. The van der Waals surface area contributed by atoms with Crippen molar-refractivity contribution in [1.82, 2.24) is 0 Å². The minimum Gasteiger partial charge on any atom is -0.462 e. The van der Waals surface area contributed by atoms with Gasteiger partial charge < -0.3 is 9.47 Å². The summed E-state index contributed by atoms with van der Waals surface area (Å²) in [6, 6.07) is 0. The number of thioether (sulfide) groups is 2. The lowest BCUT2D eigenvalue weighted by atomic mass is 10.2. The van der Waals surface area contributed by atoms with Crippen molar-refractivity contribution in [3.05, 3.63) is 9.81 Å². The van der Waals surface area contributed by atoms with Gasteiger partial charge in [0.05, 0.1) is 17.5 Å². The maximum Gasteiger partial charge on any atom is 0.347 e. The average Bonchev–Trinajstić information content (AvgIpc) is 2.27. The SMILES string of the molecule is CC(C)COC(=O)C(C(=O)OCC(C)C)=C1SCS1. The standard InChI is InChI=1S/C13H20O4S2/c1-8(2)5-16-11(14)10(13-18-7-19-13)12(15)17-6-9(3)4/h8-9H,5-7H2,1-4H3. The summed E-state index contributed by atoms with van der Waals surface area (Å²) in [5, 5.41) is 0.855. The van der Waals surface area contributed by atoms with E-state index in [2.05, 4.69) is 0 Å². The number of esters is 2. The van der Waals surface area contributed by atoms with Gasteiger partial charge >= 0.3 is 11.9 Å². The normalized spacial score (nSPS) is 14.3. The van der Waals surface area contributed by atoms with Gasteiger partial charge in [0.15, 0.2) is 5.57 Å². The molecule has 0 saturated carbocycles. The van der Waals surface area contributed by atoms with Crippen LogP contribution in [0.5, 0.6) is 0 Å². The van der Waals surface area contributed by atoms with Gasteiger partial charge in [0.25, 0.3) is 0 Å². The summed E-state index contributed by atoms with van der Waals surface area (Å²) in [4.78, 5) is 23.9. The van der Waals surface area contributed by atoms with Crippen LogP contribution >= 0.6 is 23.5 Å². The molecular weight excluding hydrogens is 284 g/mol. The van der Waals surface area contributed by atoms with E-state index in [1.165, 1.54) is 23.5 Å². The molecule has 19 heavy (non-hydrogen) atoms. The van der Waals surface area contributed by atoms with E-state index in [0.717, 1.165) is 5.08 Å². The molecule has 1 aliphatic rings. The van der Waals surface area contributed by atoms with Gasteiger partial charge in [-0.1, -0.05) is 27.7 Å². The van der Waals surface area contributed by atoms with Gasteiger partial charge in [-0.2, -0.15) is 0 Å². The van der Waals surface area contributed by atoms with E-state index in [1.807, 2.05) is 27.7 Å². The quantitative estimate of drug-likeness (QED) is 0.325. The van der Waals surface area contributed by atoms with Crippen molar-refractivity contribution in [2.45, 2.75) is 27.7 Å². The number of carbonyl (C=O) groups is 2. The smallest absolute Gasteiger partial charge is 0.347 e. The summed E-state index contributed by atoms with van der Waals surface area (Å²) in [7, 11) is 0. The lowest BCUT2D eigenvalue weighted by Crippen LogP contribution is -2.23. The second-order valence-corrected chi connectivity index (χ2v) is 7.65. The summed E-state index contributed by atoms with van der Waals surface area (Å²) < 4.78 is 11.0. The van der Waals surface area contributed by atoms with Gasteiger partial charge in [0.1, 0.15) is 0 Å². The summed E-state index contributed by atoms with van der Waals surface area (Å²) in [6.07, 6.45) is 0. The Hall–Kier alpha value is -0.620. The first-order valence-electron chi connectivity index (χ1n) is 6.26. The van der Waals surface area contributed by atoms with Crippen molar-refractivity contribution in [2.24, 2.45) is 11.8 Å². The molecule has 1 aliphatic heterocycles. The number of hydrogen-bond acceptors (Lipinski definition) is 6. The Bertz CT molecular complexity index is 343. The highest BCUT2D eigenvalue weighted by Gasteiger charge is 2.30. The van der Waals surface area contributed by atoms with E-state index in [0.29, 0.717) is 17.5 Å².